The van der Waals surface area contributed by atoms with Crippen molar-refractivity contribution in [1.82, 2.24) is 4.90 Å². The van der Waals surface area contributed by atoms with Crippen molar-refractivity contribution in [2.24, 2.45) is 5.92 Å². The molecule has 80 valence electrons. The van der Waals surface area contributed by atoms with Crippen LogP contribution in [0.2, 0.25) is 0 Å². The summed E-state index contributed by atoms with van der Waals surface area (Å²) in [6, 6.07) is 0.0845. The number of carbonyl (C=O) groups is 1. The van der Waals surface area contributed by atoms with Crippen LogP contribution < -0.4 is 0 Å². The molecule has 3 aliphatic rings. The molecule has 2 nitrogen and oxygen atoms in total. The van der Waals surface area contributed by atoms with Crippen molar-refractivity contribution in [3.05, 3.63) is 0 Å². The van der Waals surface area contributed by atoms with Gasteiger partial charge in [0.05, 0.1) is 6.04 Å². The molecule has 0 radical (unpaired) electrons. The van der Waals surface area contributed by atoms with Crippen LogP contribution in [0, 0.1) is 18.3 Å². The maximum Gasteiger partial charge on any atom is 0.261 e. The van der Waals surface area contributed by atoms with E-state index in [1.165, 1.54) is 0 Å². The van der Waals surface area contributed by atoms with Gasteiger partial charge in [0.2, 0.25) is 0 Å². The summed E-state index contributed by atoms with van der Waals surface area (Å²) in [5, 5.41) is 0. The molecule has 1 heterocycles. The van der Waals surface area contributed by atoms with Gasteiger partial charge in [0, 0.05) is 6.04 Å². The van der Waals surface area contributed by atoms with E-state index in [0.29, 0.717) is 18.8 Å². The second-order valence-electron chi connectivity index (χ2n) is 5.02. The summed E-state index contributed by atoms with van der Waals surface area (Å²) in [7, 11) is 0. The van der Waals surface area contributed by atoms with Gasteiger partial charge < -0.3 is 4.90 Å². The molecule has 3 heteroatoms. The van der Waals surface area contributed by atoms with Gasteiger partial charge in [0.15, 0.2) is 5.67 Å². The first kappa shape index (κ1) is 9.21. The molecule has 0 aromatic heterocycles. The number of amides is 1. The van der Waals surface area contributed by atoms with Crippen LogP contribution in [0.1, 0.15) is 32.1 Å². The molecule has 0 spiro atoms. The van der Waals surface area contributed by atoms with Crippen molar-refractivity contribution < 1.29 is 9.18 Å². The van der Waals surface area contributed by atoms with Crippen LogP contribution in [0.15, 0.2) is 0 Å². The third-order valence-corrected chi connectivity index (χ3v) is 4.06. The average molecular weight is 207 g/mol. The molecule has 0 aromatic rings. The number of piperidine rings is 1. The third kappa shape index (κ3) is 1.14. The normalized spacial score (nSPS) is 40.3. The first-order chi connectivity index (χ1) is 7.15. The molecule has 2 saturated carbocycles. The fourth-order valence-corrected chi connectivity index (χ4v) is 3.05. The van der Waals surface area contributed by atoms with Crippen molar-refractivity contribution in [2.75, 3.05) is 0 Å². The quantitative estimate of drug-likeness (QED) is 0.597. The molecule has 2 bridgehead atoms. The fourth-order valence-electron chi connectivity index (χ4n) is 3.05. The number of fused-ring (bicyclic) bond motifs is 2. The van der Waals surface area contributed by atoms with Gasteiger partial charge in [0.1, 0.15) is 0 Å². The lowest BCUT2D eigenvalue weighted by atomic mass is 9.99. The van der Waals surface area contributed by atoms with E-state index >= 15 is 0 Å². The van der Waals surface area contributed by atoms with Crippen LogP contribution in [0.5, 0.6) is 0 Å². The maximum atomic E-state index is 13.7. The Morgan fingerprint density at radius 1 is 1.47 bits per heavy atom. The Morgan fingerprint density at radius 3 is 2.80 bits per heavy atom. The van der Waals surface area contributed by atoms with Crippen LogP contribution in [0.25, 0.3) is 0 Å². The number of halogens is 1. The second-order valence-corrected chi connectivity index (χ2v) is 5.02. The van der Waals surface area contributed by atoms with Crippen molar-refractivity contribution in [2.45, 2.75) is 49.9 Å². The molecule has 3 rings (SSSR count). The molecule has 1 aliphatic heterocycles. The van der Waals surface area contributed by atoms with E-state index in [9.17, 15) is 9.18 Å². The lowest BCUT2D eigenvalue weighted by Gasteiger charge is -2.33. The summed E-state index contributed by atoms with van der Waals surface area (Å²) < 4.78 is 13.7. The second kappa shape index (κ2) is 2.75. The van der Waals surface area contributed by atoms with Gasteiger partial charge in [0.25, 0.3) is 5.91 Å². The zero-order valence-corrected chi connectivity index (χ0v) is 8.58. The number of nitrogens with zero attached hydrogens (tertiary/aromatic N) is 1. The molecular weight excluding hydrogens is 193 g/mol. The molecule has 3 fully saturated rings. The van der Waals surface area contributed by atoms with Gasteiger partial charge >= 0.3 is 0 Å². The van der Waals surface area contributed by atoms with Crippen LogP contribution in [0.4, 0.5) is 4.39 Å². The van der Waals surface area contributed by atoms with E-state index in [4.69, 9.17) is 6.42 Å². The topological polar surface area (TPSA) is 20.3 Å². The monoisotopic (exact) mass is 207 g/mol. The molecule has 1 amide bonds. The maximum absolute atomic E-state index is 13.7. The number of likely N-dealkylation sites (tertiary alicyclic amines) is 1. The Morgan fingerprint density at radius 2 is 2.20 bits per heavy atom. The van der Waals surface area contributed by atoms with Crippen molar-refractivity contribution in [3.8, 4) is 12.3 Å². The minimum absolute atomic E-state index is 0.135. The molecule has 3 unspecified atom stereocenters. The molecule has 0 aromatic carbocycles. The Labute approximate surface area is 88.8 Å². The van der Waals surface area contributed by atoms with Gasteiger partial charge in [-0.1, -0.05) is 5.92 Å². The summed E-state index contributed by atoms with van der Waals surface area (Å²) in [6.45, 7) is 0. The van der Waals surface area contributed by atoms with E-state index in [2.05, 4.69) is 5.92 Å². The Balaban J connectivity index is 1.86. The van der Waals surface area contributed by atoms with Gasteiger partial charge in [-0.15, -0.1) is 6.42 Å². The highest BCUT2D eigenvalue weighted by Crippen LogP contribution is 2.48. The van der Waals surface area contributed by atoms with Gasteiger partial charge in [-0.2, -0.15) is 0 Å². The highest BCUT2D eigenvalue weighted by Gasteiger charge is 2.58. The smallest absolute Gasteiger partial charge is 0.261 e. The van der Waals surface area contributed by atoms with Crippen LogP contribution >= 0.6 is 0 Å². The van der Waals surface area contributed by atoms with E-state index in [1.54, 1.807) is 4.90 Å². The summed E-state index contributed by atoms with van der Waals surface area (Å²) in [5.74, 6) is 2.75. The van der Waals surface area contributed by atoms with Crippen LogP contribution in [0.3, 0.4) is 0 Å². The predicted octanol–water partition coefficient (Wildman–Crippen LogP) is 1.50. The van der Waals surface area contributed by atoms with Crippen molar-refractivity contribution in [3.63, 3.8) is 0 Å². The summed E-state index contributed by atoms with van der Waals surface area (Å²) in [5.41, 5.74) is -1.56. The first-order valence-corrected chi connectivity index (χ1v) is 5.63. The van der Waals surface area contributed by atoms with E-state index < -0.39 is 5.67 Å². The van der Waals surface area contributed by atoms with Gasteiger partial charge in [-0.05, 0) is 38.0 Å². The summed E-state index contributed by atoms with van der Waals surface area (Å²) in [6.07, 6.45) is 9.30. The number of rotatable bonds is 1. The number of terminal acetylenes is 1. The SMILES string of the molecule is C#CC1C2CCC(C2)N1C(=O)C1(F)CC1. The number of alkyl halides is 1. The van der Waals surface area contributed by atoms with E-state index in [-0.39, 0.29) is 18.0 Å². The fraction of sp³-hybridized carbons (Fsp3) is 0.750. The van der Waals surface area contributed by atoms with E-state index in [0.717, 1.165) is 19.3 Å². The number of hydrogen-bond donors (Lipinski definition) is 0. The molecule has 3 atom stereocenters. The standard InChI is InChI=1S/C12H14FNO/c1-2-10-8-3-4-9(7-8)14(10)11(15)12(13)5-6-12/h1,8-10H,3-7H2. The predicted molar refractivity (Wildman–Crippen MR) is 53.7 cm³/mol. The number of carbonyl (C=O) groups excluding carboxylic acids is 1. The lowest BCUT2D eigenvalue weighted by molar-refractivity contribution is -0.141. The molecule has 0 N–H and O–H groups in total. The Kier molecular flexibility index (Phi) is 1.69. The van der Waals surface area contributed by atoms with Crippen LogP contribution in [-0.4, -0.2) is 28.6 Å². The lowest BCUT2D eigenvalue weighted by Crippen LogP contribution is -2.48. The highest BCUT2D eigenvalue weighted by atomic mass is 19.1. The molecule has 15 heavy (non-hydrogen) atoms. The largest absolute Gasteiger partial charge is 0.323 e. The van der Waals surface area contributed by atoms with Crippen LogP contribution in [-0.2, 0) is 4.79 Å². The van der Waals surface area contributed by atoms with Gasteiger partial charge in [-0.3, -0.25) is 4.79 Å². The Hall–Kier alpha value is -1.04. The average Bonchev–Trinajstić information content (AvgIpc) is 2.74. The zero-order valence-electron chi connectivity index (χ0n) is 8.58. The molecule has 1 saturated heterocycles. The Bertz CT molecular complexity index is 355. The molecule has 2 aliphatic carbocycles. The number of hydrogen-bond acceptors (Lipinski definition) is 1. The first-order valence-electron chi connectivity index (χ1n) is 5.63. The van der Waals surface area contributed by atoms with E-state index in [1.807, 2.05) is 0 Å². The summed E-state index contributed by atoms with van der Waals surface area (Å²) in [4.78, 5) is 13.6. The van der Waals surface area contributed by atoms with Crippen molar-refractivity contribution >= 4 is 5.91 Å². The minimum Gasteiger partial charge on any atom is -0.323 e. The van der Waals surface area contributed by atoms with Crippen molar-refractivity contribution in [1.29, 1.82) is 0 Å². The third-order valence-electron chi connectivity index (χ3n) is 4.06. The van der Waals surface area contributed by atoms with Gasteiger partial charge in [-0.25, -0.2) is 4.39 Å². The molecular formula is C12H14FNO. The highest BCUT2D eigenvalue weighted by molar-refractivity contribution is 5.89. The summed E-state index contributed by atoms with van der Waals surface area (Å²) >= 11 is 0. The minimum atomic E-state index is -1.56. The zero-order chi connectivity index (χ0) is 10.6.